The van der Waals surface area contributed by atoms with E-state index in [-0.39, 0.29) is 0 Å². The van der Waals surface area contributed by atoms with E-state index in [9.17, 15) is 0 Å². The number of hydrogen-bond acceptors (Lipinski definition) is 1. The van der Waals surface area contributed by atoms with Gasteiger partial charge in [0.05, 0.1) is 7.11 Å². The number of hydrogen-bond donors (Lipinski definition) is 0. The first kappa shape index (κ1) is 7.73. The lowest BCUT2D eigenvalue weighted by atomic mass is 10.1. The van der Waals surface area contributed by atoms with Crippen LogP contribution in [-0.2, 0) is 0 Å². The molecule has 1 aromatic carbocycles. The Labute approximate surface area is 77.0 Å². The summed E-state index contributed by atoms with van der Waals surface area (Å²) >= 11 is 0. The molecule has 0 radical (unpaired) electrons. The Bertz CT molecular complexity index is 446. The highest BCUT2D eigenvalue weighted by Gasteiger charge is 1.98. The van der Waals surface area contributed by atoms with Crippen LogP contribution in [-0.4, -0.2) is 7.11 Å². The molecule has 0 heterocycles. The van der Waals surface area contributed by atoms with Crippen molar-refractivity contribution in [3.63, 3.8) is 0 Å². The molecule has 0 unspecified atom stereocenters. The second-order valence-electron chi connectivity index (χ2n) is 2.68. The molecule has 2 rings (SSSR count). The molecule has 13 heavy (non-hydrogen) atoms. The Kier molecular flexibility index (Phi) is 1.92. The maximum Gasteiger partial charge on any atom is 0.118 e. The first-order valence-corrected chi connectivity index (χ1v) is 4.01. The first-order chi connectivity index (χ1) is 6.40. The number of allylic oxidation sites excluding steroid dienone is 2. The van der Waals surface area contributed by atoms with Gasteiger partial charge in [0.1, 0.15) is 5.75 Å². The zero-order valence-electron chi connectivity index (χ0n) is 7.29. The highest BCUT2D eigenvalue weighted by Crippen LogP contribution is 2.19. The minimum atomic E-state index is 0.864. The molecule has 1 aliphatic rings. The summed E-state index contributed by atoms with van der Waals surface area (Å²) in [7, 11) is 1.66. The average molecular weight is 168 g/mol. The summed E-state index contributed by atoms with van der Waals surface area (Å²) < 4.78 is 5.06. The molecule has 0 fully saturated rings. The van der Waals surface area contributed by atoms with Crippen molar-refractivity contribution in [2.75, 3.05) is 7.11 Å². The van der Waals surface area contributed by atoms with Crippen molar-refractivity contribution in [3.05, 3.63) is 53.1 Å². The van der Waals surface area contributed by atoms with E-state index in [1.54, 1.807) is 7.11 Å². The van der Waals surface area contributed by atoms with Gasteiger partial charge < -0.3 is 4.74 Å². The van der Waals surface area contributed by atoms with Crippen LogP contribution in [0.5, 0.6) is 5.75 Å². The molecule has 1 heteroatoms. The lowest BCUT2D eigenvalue weighted by molar-refractivity contribution is 0.415. The van der Waals surface area contributed by atoms with Crippen LogP contribution in [0.1, 0.15) is 5.56 Å². The molecule has 1 nitrogen and oxygen atoms in total. The summed E-state index contributed by atoms with van der Waals surface area (Å²) in [6.45, 7) is 0. The predicted octanol–water partition coefficient (Wildman–Crippen LogP) is 2.56. The molecule has 0 aromatic heterocycles. The largest absolute Gasteiger partial charge is 0.497 e. The van der Waals surface area contributed by atoms with Crippen LogP contribution in [0.4, 0.5) is 0 Å². The summed E-state index contributed by atoms with van der Waals surface area (Å²) in [5.41, 5.74) is 10.7. The number of benzene rings is 1. The minimum Gasteiger partial charge on any atom is -0.497 e. The standard InChI is InChI=1S/C12H8O/c1-13-12-8-6-11(7-9-12)10-4-2-3-5-10/h4,6-9H,1H3. The third-order valence-corrected chi connectivity index (χ3v) is 1.89. The third kappa shape index (κ3) is 1.49. The third-order valence-electron chi connectivity index (χ3n) is 1.89. The molecule has 0 spiro atoms. The van der Waals surface area contributed by atoms with Crippen molar-refractivity contribution in [1.82, 2.24) is 0 Å². The Morgan fingerprint density at radius 1 is 1.15 bits per heavy atom. The molecule has 0 N–H and O–H groups in total. The fraction of sp³-hybridized carbons (Fsp3) is 0.0833. The van der Waals surface area contributed by atoms with Crippen molar-refractivity contribution < 1.29 is 4.74 Å². The number of ether oxygens (including phenoxy) is 1. The SMILES string of the molecule is COc1ccc(C2=C=C=C=C2)cc1. The Balaban J connectivity index is 2.34. The van der Waals surface area contributed by atoms with Crippen LogP contribution < -0.4 is 4.74 Å². The van der Waals surface area contributed by atoms with Crippen LogP contribution in [0.3, 0.4) is 0 Å². The van der Waals surface area contributed by atoms with E-state index < -0.39 is 0 Å². The number of methoxy groups -OCH3 is 1. The highest BCUT2D eigenvalue weighted by atomic mass is 16.5. The molecule has 0 aliphatic heterocycles. The molecule has 0 saturated carbocycles. The van der Waals surface area contributed by atoms with Gasteiger partial charge in [-0.2, -0.15) is 0 Å². The van der Waals surface area contributed by atoms with Gasteiger partial charge in [0, 0.05) is 11.6 Å². The summed E-state index contributed by atoms with van der Waals surface area (Å²) in [6.07, 6.45) is 1.86. The normalized spacial score (nSPS) is 11.9. The fourth-order valence-electron chi connectivity index (χ4n) is 1.17. The summed E-state index contributed by atoms with van der Waals surface area (Å²) in [5.74, 6) is 0.864. The monoisotopic (exact) mass is 168 g/mol. The van der Waals surface area contributed by atoms with Gasteiger partial charge in [-0.25, -0.2) is 0 Å². The molecular formula is C12H8O. The van der Waals surface area contributed by atoms with E-state index in [4.69, 9.17) is 4.74 Å². The van der Waals surface area contributed by atoms with Gasteiger partial charge in [0.2, 0.25) is 0 Å². The van der Waals surface area contributed by atoms with Crippen molar-refractivity contribution in [2.45, 2.75) is 0 Å². The van der Waals surface area contributed by atoms with E-state index >= 15 is 0 Å². The van der Waals surface area contributed by atoms with Gasteiger partial charge in [-0.15, -0.1) is 0 Å². The van der Waals surface area contributed by atoms with Gasteiger partial charge in [0.15, 0.2) is 0 Å². The van der Waals surface area contributed by atoms with Crippen LogP contribution in [0.2, 0.25) is 0 Å². The van der Waals surface area contributed by atoms with Crippen molar-refractivity contribution >= 4 is 5.57 Å². The van der Waals surface area contributed by atoms with Gasteiger partial charge in [-0.1, -0.05) is 23.6 Å². The Hall–Kier alpha value is -1.90. The molecule has 1 aromatic rings. The second kappa shape index (κ2) is 3.23. The summed E-state index contributed by atoms with van der Waals surface area (Å²) in [5, 5.41) is 0. The van der Waals surface area contributed by atoms with Gasteiger partial charge in [-0.3, -0.25) is 0 Å². The Morgan fingerprint density at radius 3 is 2.46 bits per heavy atom. The van der Waals surface area contributed by atoms with E-state index in [1.807, 2.05) is 30.3 Å². The van der Waals surface area contributed by atoms with Crippen molar-refractivity contribution in [1.29, 1.82) is 0 Å². The van der Waals surface area contributed by atoms with E-state index in [0.29, 0.717) is 0 Å². The zero-order valence-corrected chi connectivity index (χ0v) is 7.29. The lowest BCUT2D eigenvalue weighted by Gasteiger charge is -2.00. The molecule has 0 amide bonds. The van der Waals surface area contributed by atoms with E-state index in [2.05, 4.69) is 17.2 Å². The van der Waals surface area contributed by atoms with E-state index in [0.717, 1.165) is 16.9 Å². The topological polar surface area (TPSA) is 9.23 Å². The quantitative estimate of drug-likeness (QED) is 0.616. The Morgan fingerprint density at radius 2 is 1.92 bits per heavy atom. The minimum absolute atomic E-state index is 0.864. The molecule has 0 saturated heterocycles. The van der Waals surface area contributed by atoms with Crippen LogP contribution >= 0.6 is 0 Å². The fourth-order valence-corrected chi connectivity index (χ4v) is 1.17. The second-order valence-corrected chi connectivity index (χ2v) is 2.68. The van der Waals surface area contributed by atoms with Gasteiger partial charge in [0.25, 0.3) is 0 Å². The number of rotatable bonds is 2. The van der Waals surface area contributed by atoms with E-state index in [1.165, 1.54) is 0 Å². The molecular weight excluding hydrogens is 160 g/mol. The van der Waals surface area contributed by atoms with Crippen LogP contribution in [0.15, 0.2) is 47.5 Å². The summed E-state index contributed by atoms with van der Waals surface area (Å²) in [4.78, 5) is 0. The van der Waals surface area contributed by atoms with Gasteiger partial charge >= 0.3 is 0 Å². The van der Waals surface area contributed by atoms with Gasteiger partial charge in [-0.05, 0) is 23.4 Å². The first-order valence-electron chi connectivity index (χ1n) is 4.01. The average Bonchev–Trinajstić information content (AvgIpc) is 2.71. The molecule has 62 valence electrons. The maximum atomic E-state index is 5.06. The van der Waals surface area contributed by atoms with Crippen LogP contribution in [0, 0.1) is 0 Å². The maximum absolute atomic E-state index is 5.06. The lowest BCUT2D eigenvalue weighted by Crippen LogP contribution is -1.83. The van der Waals surface area contributed by atoms with Crippen molar-refractivity contribution in [2.24, 2.45) is 0 Å². The predicted molar refractivity (Wildman–Crippen MR) is 51.5 cm³/mol. The molecule has 0 atom stereocenters. The van der Waals surface area contributed by atoms with Crippen molar-refractivity contribution in [3.8, 4) is 5.75 Å². The van der Waals surface area contributed by atoms with Crippen LogP contribution in [0.25, 0.3) is 5.57 Å². The molecule has 0 bridgehead atoms. The zero-order chi connectivity index (χ0) is 9.10. The summed E-state index contributed by atoms with van der Waals surface area (Å²) in [6, 6.07) is 7.84. The highest BCUT2D eigenvalue weighted by molar-refractivity contribution is 5.74. The molecule has 1 aliphatic carbocycles. The smallest absolute Gasteiger partial charge is 0.118 e.